The lowest BCUT2D eigenvalue weighted by Crippen LogP contribution is -2.57. The third-order valence-corrected chi connectivity index (χ3v) is 5.82. The van der Waals surface area contributed by atoms with Crippen LogP contribution in [0.1, 0.15) is 32.6 Å². The molecule has 23 heavy (non-hydrogen) atoms. The number of amides is 1. The van der Waals surface area contributed by atoms with E-state index in [1.165, 1.54) is 12.8 Å². The molecule has 2 unspecified atom stereocenters. The number of rotatable bonds is 4. The van der Waals surface area contributed by atoms with Crippen LogP contribution in [-0.4, -0.2) is 58.9 Å². The molecule has 0 radical (unpaired) electrons. The van der Waals surface area contributed by atoms with Gasteiger partial charge in [0.15, 0.2) is 0 Å². The highest BCUT2D eigenvalue weighted by Gasteiger charge is 2.45. The van der Waals surface area contributed by atoms with Crippen LogP contribution >= 0.6 is 0 Å². The lowest BCUT2D eigenvalue weighted by Gasteiger charge is -2.37. The van der Waals surface area contributed by atoms with Crippen molar-refractivity contribution in [2.45, 2.75) is 50.2 Å². The highest BCUT2D eigenvalue weighted by Crippen LogP contribution is 2.33. The molecule has 1 aromatic rings. The molecule has 1 aliphatic carbocycles. The van der Waals surface area contributed by atoms with Gasteiger partial charge in [-0.2, -0.15) is 5.10 Å². The molecular formula is C17H27N5O. The van der Waals surface area contributed by atoms with E-state index in [4.69, 9.17) is 0 Å². The van der Waals surface area contributed by atoms with Gasteiger partial charge in [0.05, 0.1) is 0 Å². The Kier molecular flexibility index (Phi) is 3.89. The van der Waals surface area contributed by atoms with Gasteiger partial charge in [0.25, 0.3) is 0 Å². The summed E-state index contributed by atoms with van der Waals surface area (Å²) >= 11 is 0. The van der Waals surface area contributed by atoms with Crippen LogP contribution in [0.2, 0.25) is 0 Å². The van der Waals surface area contributed by atoms with E-state index in [0.29, 0.717) is 5.92 Å². The van der Waals surface area contributed by atoms with Gasteiger partial charge in [-0.25, -0.2) is 0 Å². The smallest absolute Gasteiger partial charge is 0.248 e. The molecule has 1 amide bonds. The van der Waals surface area contributed by atoms with Gasteiger partial charge in [0.1, 0.15) is 5.54 Å². The Labute approximate surface area is 137 Å². The number of hydrogen-bond donors (Lipinski definition) is 2. The fourth-order valence-electron chi connectivity index (χ4n) is 4.16. The van der Waals surface area contributed by atoms with Crippen molar-refractivity contribution in [2.75, 3.05) is 26.2 Å². The molecule has 1 aromatic heterocycles. The van der Waals surface area contributed by atoms with E-state index in [0.717, 1.165) is 45.1 Å². The first kappa shape index (κ1) is 15.1. The van der Waals surface area contributed by atoms with Gasteiger partial charge in [0, 0.05) is 37.6 Å². The second kappa shape index (κ2) is 5.91. The van der Waals surface area contributed by atoms with Gasteiger partial charge in [-0.3, -0.25) is 14.4 Å². The highest BCUT2D eigenvalue weighted by atomic mass is 16.2. The number of nitrogens with zero attached hydrogens (tertiary/aromatic N) is 3. The second-order valence-electron chi connectivity index (χ2n) is 7.47. The standard InChI is InChI=1S/C17H27N5O/c1-13-11-21(14-3-4-14)12-15(13)20-16(23)17(5-8-18-9-6-17)22-10-2-7-19-22/h2,7,10,13-15,18H,3-6,8-9,11-12H2,1H3,(H,20,23). The summed E-state index contributed by atoms with van der Waals surface area (Å²) in [5.41, 5.74) is -0.526. The Balaban J connectivity index is 1.49. The van der Waals surface area contributed by atoms with E-state index in [9.17, 15) is 4.79 Å². The first-order valence-electron chi connectivity index (χ1n) is 8.95. The van der Waals surface area contributed by atoms with Gasteiger partial charge in [-0.1, -0.05) is 6.92 Å². The average Bonchev–Trinajstić information content (AvgIpc) is 3.14. The molecular weight excluding hydrogens is 290 g/mol. The summed E-state index contributed by atoms with van der Waals surface area (Å²) in [6.07, 6.45) is 7.96. The number of nitrogens with one attached hydrogen (secondary N) is 2. The van der Waals surface area contributed by atoms with Crippen LogP contribution in [0.25, 0.3) is 0 Å². The molecule has 6 nitrogen and oxygen atoms in total. The van der Waals surface area contributed by atoms with Gasteiger partial charge < -0.3 is 10.6 Å². The van der Waals surface area contributed by atoms with E-state index in [1.54, 1.807) is 6.20 Å². The van der Waals surface area contributed by atoms with Crippen LogP contribution in [0.15, 0.2) is 18.5 Å². The molecule has 2 saturated heterocycles. The number of carbonyl (C=O) groups excluding carboxylic acids is 1. The fourth-order valence-corrected chi connectivity index (χ4v) is 4.16. The Morgan fingerprint density at radius 3 is 2.74 bits per heavy atom. The minimum Gasteiger partial charge on any atom is -0.350 e. The molecule has 3 heterocycles. The first-order chi connectivity index (χ1) is 11.2. The maximum Gasteiger partial charge on any atom is 0.248 e. The van der Waals surface area contributed by atoms with Crippen molar-refractivity contribution in [3.05, 3.63) is 18.5 Å². The third-order valence-electron chi connectivity index (χ3n) is 5.82. The zero-order valence-corrected chi connectivity index (χ0v) is 13.9. The maximum atomic E-state index is 13.2. The van der Waals surface area contributed by atoms with Crippen molar-refractivity contribution in [1.29, 1.82) is 0 Å². The summed E-state index contributed by atoms with van der Waals surface area (Å²) in [7, 11) is 0. The molecule has 1 saturated carbocycles. The number of hydrogen-bond acceptors (Lipinski definition) is 4. The second-order valence-corrected chi connectivity index (χ2v) is 7.47. The maximum absolute atomic E-state index is 13.2. The summed E-state index contributed by atoms with van der Waals surface area (Å²) < 4.78 is 1.88. The summed E-state index contributed by atoms with van der Waals surface area (Å²) in [6.45, 7) is 6.11. The van der Waals surface area contributed by atoms with Crippen LogP contribution in [0, 0.1) is 5.92 Å². The van der Waals surface area contributed by atoms with Crippen LogP contribution in [0.5, 0.6) is 0 Å². The molecule has 0 spiro atoms. The highest BCUT2D eigenvalue weighted by molar-refractivity contribution is 5.85. The number of aromatic nitrogens is 2. The Bertz CT molecular complexity index is 547. The number of carbonyl (C=O) groups is 1. The first-order valence-corrected chi connectivity index (χ1v) is 8.95. The van der Waals surface area contributed by atoms with Gasteiger partial charge in [-0.05, 0) is 50.8 Å². The summed E-state index contributed by atoms with van der Waals surface area (Å²) in [4.78, 5) is 15.7. The minimum atomic E-state index is -0.526. The van der Waals surface area contributed by atoms with Crippen LogP contribution < -0.4 is 10.6 Å². The van der Waals surface area contributed by atoms with Crippen molar-refractivity contribution in [1.82, 2.24) is 25.3 Å². The quantitative estimate of drug-likeness (QED) is 0.852. The normalized spacial score (nSPS) is 31.2. The van der Waals surface area contributed by atoms with Gasteiger partial charge in [0.2, 0.25) is 5.91 Å². The number of likely N-dealkylation sites (tertiary alicyclic amines) is 1. The average molecular weight is 317 g/mol. The predicted molar refractivity (Wildman–Crippen MR) is 88.0 cm³/mol. The Hall–Kier alpha value is -1.40. The van der Waals surface area contributed by atoms with Crippen molar-refractivity contribution >= 4 is 5.91 Å². The van der Waals surface area contributed by atoms with Gasteiger partial charge >= 0.3 is 0 Å². The van der Waals surface area contributed by atoms with E-state index in [2.05, 4.69) is 27.6 Å². The van der Waals surface area contributed by atoms with Crippen LogP contribution in [0.4, 0.5) is 0 Å². The lowest BCUT2D eigenvalue weighted by molar-refractivity contribution is -0.132. The molecule has 2 atom stereocenters. The van der Waals surface area contributed by atoms with Crippen molar-refractivity contribution in [3.8, 4) is 0 Å². The SMILES string of the molecule is CC1CN(C2CC2)CC1NC(=O)C1(n2cccn2)CCNCC1. The summed E-state index contributed by atoms with van der Waals surface area (Å²) in [5.74, 6) is 0.674. The molecule has 4 rings (SSSR count). The predicted octanol–water partition coefficient (Wildman–Crippen LogP) is 0.561. The molecule has 0 bridgehead atoms. The van der Waals surface area contributed by atoms with E-state index in [1.807, 2.05) is 16.9 Å². The van der Waals surface area contributed by atoms with Crippen molar-refractivity contribution < 1.29 is 4.79 Å². The summed E-state index contributed by atoms with van der Waals surface area (Å²) in [6, 6.07) is 2.95. The Morgan fingerprint density at radius 1 is 1.30 bits per heavy atom. The zero-order chi connectivity index (χ0) is 15.9. The molecule has 3 fully saturated rings. The summed E-state index contributed by atoms with van der Waals surface area (Å²) in [5, 5.41) is 11.1. The monoisotopic (exact) mass is 317 g/mol. The fraction of sp³-hybridized carbons (Fsp3) is 0.765. The molecule has 2 N–H and O–H groups in total. The third kappa shape index (κ3) is 2.78. The minimum absolute atomic E-state index is 0.150. The zero-order valence-electron chi connectivity index (χ0n) is 13.9. The van der Waals surface area contributed by atoms with E-state index in [-0.39, 0.29) is 11.9 Å². The molecule has 0 aromatic carbocycles. The van der Waals surface area contributed by atoms with Crippen molar-refractivity contribution in [2.24, 2.45) is 5.92 Å². The van der Waals surface area contributed by atoms with E-state index < -0.39 is 5.54 Å². The Morgan fingerprint density at radius 2 is 2.09 bits per heavy atom. The topological polar surface area (TPSA) is 62.2 Å². The van der Waals surface area contributed by atoms with Crippen LogP contribution in [0.3, 0.4) is 0 Å². The largest absolute Gasteiger partial charge is 0.350 e. The molecule has 2 aliphatic heterocycles. The van der Waals surface area contributed by atoms with Gasteiger partial charge in [-0.15, -0.1) is 0 Å². The van der Waals surface area contributed by atoms with Crippen molar-refractivity contribution in [3.63, 3.8) is 0 Å². The molecule has 126 valence electrons. The van der Waals surface area contributed by atoms with E-state index >= 15 is 0 Å². The number of piperidine rings is 1. The molecule has 6 heteroatoms. The molecule has 3 aliphatic rings. The lowest BCUT2D eigenvalue weighted by atomic mass is 9.86. The van der Waals surface area contributed by atoms with Crippen LogP contribution in [-0.2, 0) is 10.3 Å².